The van der Waals surface area contributed by atoms with Crippen molar-refractivity contribution >= 4 is 45.0 Å². The molecule has 0 aliphatic rings. The number of nitrogens with zero attached hydrogens (tertiary/aromatic N) is 1. The predicted molar refractivity (Wildman–Crippen MR) is 137 cm³/mol. The van der Waals surface area contributed by atoms with E-state index in [0.29, 0.717) is 34.3 Å². The lowest BCUT2D eigenvalue weighted by Crippen LogP contribution is -2.41. The van der Waals surface area contributed by atoms with Gasteiger partial charge in [-0.15, -0.1) is 0 Å². The van der Waals surface area contributed by atoms with Gasteiger partial charge in [-0.3, -0.25) is 9.10 Å². The molecule has 0 fully saturated rings. The minimum atomic E-state index is -3.95. The quantitative estimate of drug-likeness (QED) is 0.366. The van der Waals surface area contributed by atoms with Gasteiger partial charge in [0, 0.05) is 28.6 Å². The van der Waals surface area contributed by atoms with Gasteiger partial charge in [0.05, 0.1) is 10.6 Å². The zero-order valence-electron chi connectivity index (χ0n) is 18.9. The number of nitrogens with one attached hydrogen (secondary N) is 1. The molecule has 0 radical (unpaired) electrons. The van der Waals surface area contributed by atoms with E-state index in [2.05, 4.69) is 5.32 Å². The van der Waals surface area contributed by atoms with Crippen LogP contribution in [0.3, 0.4) is 0 Å². The molecule has 0 heterocycles. The Kier molecular flexibility index (Phi) is 8.99. The van der Waals surface area contributed by atoms with Gasteiger partial charge in [-0.05, 0) is 55.8 Å². The molecule has 0 spiro atoms. The lowest BCUT2D eigenvalue weighted by Gasteiger charge is -2.24. The van der Waals surface area contributed by atoms with E-state index in [0.717, 1.165) is 15.4 Å². The lowest BCUT2D eigenvalue weighted by molar-refractivity contribution is -0.119. The fourth-order valence-electron chi connectivity index (χ4n) is 3.23. The fraction of sp³-hybridized carbons (Fsp3) is 0.240. The van der Waals surface area contributed by atoms with Gasteiger partial charge in [-0.2, -0.15) is 11.8 Å². The zero-order valence-corrected chi connectivity index (χ0v) is 21.3. The molecule has 0 saturated heterocycles. The molecular weight excluding hydrogens is 495 g/mol. The first kappa shape index (κ1) is 26.1. The molecule has 9 heteroatoms. The molecule has 5 nitrogen and oxygen atoms in total. The van der Waals surface area contributed by atoms with E-state index in [1.165, 1.54) is 30.0 Å². The van der Waals surface area contributed by atoms with Crippen LogP contribution in [0, 0.1) is 19.7 Å². The molecule has 1 N–H and O–H groups in total. The highest BCUT2D eigenvalue weighted by Crippen LogP contribution is 2.25. The summed E-state index contributed by atoms with van der Waals surface area (Å²) in [6, 6.07) is 18.1. The molecule has 0 aliphatic heterocycles. The third-order valence-corrected chi connectivity index (χ3v) is 8.19. The Morgan fingerprint density at radius 1 is 1.03 bits per heavy atom. The first-order valence-corrected chi connectivity index (χ1v) is 13.6. The summed E-state index contributed by atoms with van der Waals surface area (Å²) in [5, 5.41) is 3.12. The zero-order chi connectivity index (χ0) is 24.7. The van der Waals surface area contributed by atoms with Gasteiger partial charge in [0.1, 0.15) is 12.4 Å². The molecule has 0 aromatic heterocycles. The second-order valence-electron chi connectivity index (χ2n) is 7.77. The Bertz CT molecular complexity index is 1230. The number of carbonyl (C=O) groups is 1. The molecule has 1 amide bonds. The Hall–Kier alpha value is -2.55. The van der Waals surface area contributed by atoms with Crippen molar-refractivity contribution in [1.82, 2.24) is 5.32 Å². The number of aryl methyl sites for hydroxylation is 2. The number of rotatable bonds is 10. The van der Waals surface area contributed by atoms with Crippen molar-refractivity contribution in [2.45, 2.75) is 24.5 Å². The van der Waals surface area contributed by atoms with E-state index in [1.54, 1.807) is 42.5 Å². The van der Waals surface area contributed by atoms with Crippen molar-refractivity contribution in [2.75, 3.05) is 23.1 Å². The summed E-state index contributed by atoms with van der Waals surface area (Å²) in [5.41, 5.74) is 2.66. The van der Waals surface area contributed by atoms with E-state index in [-0.39, 0.29) is 17.3 Å². The van der Waals surface area contributed by atoms with Gasteiger partial charge in [0.2, 0.25) is 5.91 Å². The molecule has 0 atom stereocenters. The summed E-state index contributed by atoms with van der Waals surface area (Å²) in [6.45, 7) is 3.69. The largest absolute Gasteiger partial charge is 0.354 e. The number of halogens is 2. The number of anilines is 1. The van der Waals surface area contributed by atoms with Crippen LogP contribution in [-0.2, 0) is 20.6 Å². The van der Waals surface area contributed by atoms with Crippen molar-refractivity contribution in [3.8, 4) is 0 Å². The highest BCUT2D eigenvalue weighted by molar-refractivity contribution is 7.98. The normalized spacial score (nSPS) is 11.3. The Morgan fingerprint density at radius 3 is 2.41 bits per heavy atom. The molecule has 3 aromatic carbocycles. The van der Waals surface area contributed by atoms with Crippen molar-refractivity contribution in [3.05, 3.63) is 94.3 Å². The van der Waals surface area contributed by atoms with Crippen LogP contribution in [-0.4, -0.2) is 33.2 Å². The number of carbonyl (C=O) groups excluding carboxylic acids is 1. The molecule has 3 aromatic rings. The van der Waals surface area contributed by atoms with Crippen LogP contribution in [0.25, 0.3) is 0 Å². The Morgan fingerprint density at radius 2 is 1.74 bits per heavy atom. The predicted octanol–water partition coefficient (Wildman–Crippen LogP) is 5.34. The SMILES string of the molecule is Cc1ccc(S(=O)(=O)N(CC(=O)NCCSCc2c(F)cccc2Cl)c2cccc(C)c2)cc1. The average molecular weight is 521 g/mol. The van der Waals surface area contributed by atoms with Gasteiger partial charge >= 0.3 is 0 Å². The van der Waals surface area contributed by atoms with Crippen molar-refractivity contribution in [2.24, 2.45) is 0 Å². The van der Waals surface area contributed by atoms with E-state index in [4.69, 9.17) is 11.6 Å². The van der Waals surface area contributed by atoms with E-state index in [1.807, 2.05) is 19.9 Å². The van der Waals surface area contributed by atoms with Crippen LogP contribution in [0.2, 0.25) is 5.02 Å². The maximum Gasteiger partial charge on any atom is 0.264 e. The number of sulfonamides is 1. The number of benzene rings is 3. The molecular formula is C25H26ClFN2O3S2. The molecule has 34 heavy (non-hydrogen) atoms. The van der Waals surface area contributed by atoms with E-state index in [9.17, 15) is 17.6 Å². The minimum absolute atomic E-state index is 0.115. The van der Waals surface area contributed by atoms with Gasteiger partial charge < -0.3 is 5.32 Å². The Balaban J connectivity index is 1.65. The molecule has 0 aliphatic carbocycles. The first-order chi connectivity index (χ1) is 16.2. The van der Waals surface area contributed by atoms with Gasteiger partial charge in [-0.1, -0.05) is 47.5 Å². The fourth-order valence-corrected chi connectivity index (χ4v) is 5.84. The summed E-state index contributed by atoms with van der Waals surface area (Å²) in [4.78, 5) is 12.8. The summed E-state index contributed by atoms with van der Waals surface area (Å²) < 4.78 is 41.7. The summed E-state index contributed by atoms with van der Waals surface area (Å²) in [5.74, 6) is 0.102. The van der Waals surface area contributed by atoms with E-state index < -0.39 is 15.9 Å². The van der Waals surface area contributed by atoms with E-state index >= 15 is 0 Å². The highest BCUT2D eigenvalue weighted by atomic mass is 35.5. The second-order valence-corrected chi connectivity index (χ2v) is 11.1. The number of hydrogen-bond acceptors (Lipinski definition) is 4. The minimum Gasteiger partial charge on any atom is -0.354 e. The van der Waals surface area contributed by atoms with Crippen LogP contribution in [0.4, 0.5) is 10.1 Å². The molecule has 0 saturated carbocycles. The summed E-state index contributed by atoms with van der Waals surface area (Å²) in [7, 11) is -3.95. The van der Waals surface area contributed by atoms with Crippen molar-refractivity contribution < 1.29 is 17.6 Å². The highest BCUT2D eigenvalue weighted by Gasteiger charge is 2.27. The third kappa shape index (κ3) is 6.74. The number of hydrogen-bond donors (Lipinski definition) is 1. The molecule has 0 unspecified atom stereocenters. The maximum atomic E-state index is 13.9. The summed E-state index contributed by atoms with van der Waals surface area (Å²) >= 11 is 7.46. The van der Waals surface area contributed by atoms with Crippen LogP contribution in [0.1, 0.15) is 16.7 Å². The van der Waals surface area contributed by atoms with Crippen LogP contribution < -0.4 is 9.62 Å². The second kappa shape index (κ2) is 11.7. The van der Waals surface area contributed by atoms with Gasteiger partial charge in [-0.25, -0.2) is 12.8 Å². The average Bonchev–Trinajstić information content (AvgIpc) is 2.79. The van der Waals surface area contributed by atoms with Gasteiger partial charge in [0.25, 0.3) is 10.0 Å². The standard InChI is InChI=1S/C25H26ClFN2O3S2/c1-18-9-11-21(12-10-18)34(31,32)29(20-6-3-5-19(2)15-20)16-25(30)28-13-14-33-17-22-23(26)7-4-8-24(22)27/h3-12,15H,13-14,16-17H2,1-2H3,(H,28,30). The molecule has 3 rings (SSSR count). The maximum absolute atomic E-state index is 13.9. The van der Waals surface area contributed by atoms with Crippen molar-refractivity contribution in [1.29, 1.82) is 0 Å². The van der Waals surface area contributed by atoms with Gasteiger partial charge in [0.15, 0.2) is 0 Å². The molecule has 180 valence electrons. The van der Waals surface area contributed by atoms with Crippen LogP contribution >= 0.6 is 23.4 Å². The van der Waals surface area contributed by atoms with Crippen LogP contribution in [0.5, 0.6) is 0 Å². The van der Waals surface area contributed by atoms with Crippen molar-refractivity contribution in [3.63, 3.8) is 0 Å². The number of amides is 1. The lowest BCUT2D eigenvalue weighted by atomic mass is 10.2. The topological polar surface area (TPSA) is 66.5 Å². The monoisotopic (exact) mass is 520 g/mol. The number of thioether (sulfide) groups is 1. The third-order valence-electron chi connectivity index (χ3n) is 5.06. The molecule has 0 bridgehead atoms. The smallest absolute Gasteiger partial charge is 0.264 e. The first-order valence-electron chi connectivity index (χ1n) is 10.6. The summed E-state index contributed by atoms with van der Waals surface area (Å²) in [6.07, 6.45) is 0. The van der Waals surface area contributed by atoms with Crippen LogP contribution in [0.15, 0.2) is 71.6 Å². The Labute approximate surface area is 209 Å².